The van der Waals surface area contributed by atoms with Crippen molar-refractivity contribution in [1.82, 2.24) is 0 Å². The Kier molecular flexibility index (Phi) is 2.72. The van der Waals surface area contributed by atoms with Crippen molar-refractivity contribution < 1.29 is 28.1 Å². The molecule has 4 aliphatic heterocycles. The Bertz CT molecular complexity index is 485. The van der Waals surface area contributed by atoms with Crippen molar-refractivity contribution in [3.05, 3.63) is 0 Å². The molecule has 6 heteroatoms. The molecule has 6 nitrogen and oxygen atoms in total. The van der Waals surface area contributed by atoms with Gasteiger partial charge in [0.25, 0.3) is 5.79 Å². The molecule has 0 N–H and O–H groups in total. The van der Waals surface area contributed by atoms with E-state index >= 15 is 0 Å². The van der Waals surface area contributed by atoms with E-state index < -0.39 is 23.0 Å². The van der Waals surface area contributed by atoms with E-state index in [1.54, 1.807) is 0 Å². The van der Waals surface area contributed by atoms with Gasteiger partial charge in [-0.2, -0.15) is 0 Å². The van der Waals surface area contributed by atoms with Crippen LogP contribution in [-0.2, 0) is 28.1 Å². The fraction of sp³-hybridized carbons (Fsp3) is 0.933. The lowest BCUT2D eigenvalue weighted by molar-refractivity contribution is -0.388. The molecule has 4 aliphatic rings. The van der Waals surface area contributed by atoms with Crippen LogP contribution in [-0.4, -0.2) is 54.7 Å². The summed E-state index contributed by atoms with van der Waals surface area (Å²) in [7, 11) is 0. The largest absolute Gasteiger partial charge is 0.444 e. The van der Waals surface area contributed by atoms with Gasteiger partial charge < -0.3 is 28.1 Å². The number of carbonyl (C=O) groups excluding carboxylic acids is 1. The van der Waals surface area contributed by atoms with Crippen LogP contribution in [0.1, 0.15) is 40.5 Å². The van der Waals surface area contributed by atoms with E-state index in [9.17, 15) is 0 Å². The maximum Gasteiger partial charge on any atom is 0.319 e. The Balaban J connectivity index is 1.75. The molecule has 3 fully saturated rings. The summed E-state index contributed by atoms with van der Waals surface area (Å²) in [5, 5.41) is 0. The van der Waals surface area contributed by atoms with Crippen LogP contribution in [0.3, 0.4) is 0 Å². The highest BCUT2D eigenvalue weighted by Gasteiger charge is 2.77. The molecule has 0 amide bonds. The predicted molar refractivity (Wildman–Crippen MR) is 71.3 cm³/mol. The number of hydrogen-bond acceptors (Lipinski definition) is 5. The predicted octanol–water partition coefficient (Wildman–Crippen LogP) is 1.19. The minimum absolute atomic E-state index is 0.169. The lowest BCUT2D eigenvalue weighted by Gasteiger charge is -2.44. The second kappa shape index (κ2) is 4.06. The summed E-state index contributed by atoms with van der Waals surface area (Å²) in [6, 6.07) is 0. The topological polar surface area (TPSA) is 57.5 Å². The zero-order chi connectivity index (χ0) is 14.9. The maximum atomic E-state index is 6.15. The van der Waals surface area contributed by atoms with Gasteiger partial charge in [0.15, 0.2) is 17.7 Å². The van der Waals surface area contributed by atoms with E-state index in [-0.39, 0.29) is 12.2 Å². The Morgan fingerprint density at radius 1 is 1.05 bits per heavy atom. The van der Waals surface area contributed by atoms with Gasteiger partial charge in [-0.3, -0.25) is 0 Å². The first-order valence-corrected chi connectivity index (χ1v) is 7.52. The van der Waals surface area contributed by atoms with Gasteiger partial charge in [-0.25, -0.2) is 0 Å². The standard InChI is InChI=1S/C15H22O6/c1-12(2)18-9-15(21-12)14(6-5-7-16-14)11-10(8-17-15)19-13(3,4)20-11/h10-11H,5-6,8-9H2,1-4H3/t10-,11-,14-,15+/m0/s1. The van der Waals surface area contributed by atoms with Crippen molar-refractivity contribution in [2.45, 2.75) is 75.7 Å². The molecule has 3 saturated heterocycles. The van der Waals surface area contributed by atoms with Crippen LogP contribution < -0.4 is 0 Å². The maximum absolute atomic E-state index is 6.15. The van der Waals surface area contributed by atoms with Crippen molar-refractivity contribution in [2.24, 2.45) is 0 Å². The molecule has 118 valence electrons. The summed E-state index contributed by atoms with van der Waals surface area (Å²) in [4.78, 5) is 0. The molecule has 0 saturated carbocycles. The van der Waals surface area contributed by atoms with Crippen LogP contribution >= 0.6 is 0 Å². The number of rotatable bonds is 0. The summed E-state index contributed by atoms with van der Waals surface area (Å²) in [6.07, 6.45) is 3.95. The van der Waals surface area contributed by atoms with Gasteiger partial charge in [0.2, 0.25) is 0 Å². The summed E-state index contributed by atoms with van der Waals surface area (Å²) in [6.45, 7) is 8.29. The molecule has 0 aromatic rings. The van der Waals surface area contributed by atoms with Gasteiger partial charge >= 0.3 is 5.60 Å². The average molecular weight is 298 g/mol. The lowest BCUT2D eigenvalue weighted by Crippen LogP contribution is -2.70. The zero-order valence-electron chi connectivity index (χ0n) is 12.9. The Labute approximate surface area is 124 Å². The van der Waals surface area contributed by atoms with E-state index in [1.807, 2.05) is 27.7 Å². The van der Waals surface area contributed by atoms with Crippen molar-refractivity contribution in [3.8, 4) is 0 Å². The fourth-order valence-corrected chi connectivity index (χ4v) is 3.85. The third-order valence-electron chi connectivity index (χ3n) is 4.64. The molecule has 4 rings (SSSR count). The summed E-state index contributed by atoms with van der Waals surface area (Å²) in [5.74, 6) is -2.33. The lowest BCUT2D eigenvalue weighted by atomic mass is 9.79. The molecular formula is C15H22O6. The highest BCUT2D eigenvalue weighted by atomic mass is 16.9. The second-order valence-electron chi connectivity index (χ2n) is 7.08. The quantitative estimate of drug-likeness (QED) is 0.497. The van der Waals surface area contributed by atoms with Crippen molar-refractivity contribution >= 4 is 6.29 Å². The summed E-state index contributed by atoms with van der Waals surface area (Å²) >= 11 is 0. The molecule has 0 aliphatic carbocycles. The van der Waals surface area contributed by atoms with E-state index in [1.165, 1.54) is 0 Å². The van der Waals surface area contributed by atoms with Crippen LogP contribution in [0.4, 0.5) is 0 Å². The third kappa shape index (κ3) is 1.86. The molecular weight excluding hydrogens is 276 g/mol. The molecule has 2 spiro atoms. The highest BCUT2D eigenvalue weighted by Crippen LogP contribution is 2.53. The Morgan fingerprint density at radius 2 is 1.86 bits per heavy atom. The second-order valence-corrected chi connectivity index (χ2v) is 7.08. The number of fused-ring (bicyclic) bond motifs is 3. The minimum Gasteiger partial charge on any atom is -0.444 e. The van der Waals surface area contributed by atoms with Gasteiger partial charge in [-0.1, -0.05) is 6.42 Å². The Morgan fingerprint density at radius 3 is 2.48 bits per heavy atom. The Hall–Kier alpha value is -0.530. The molecule has 4 heterocycles. The first-order valence-electron chi connectivity index (χ1n) is 7.52. The van der Waals surface area contributed by atoms with E-state index in [0.29, 0.717) is 26.1 Å². The molecule has 0 radical (unpaired) electrons. The third-order valence-corrected chi connectivity index (χ3v) is 4.64. The van der Waals surface area contributed by atoms with Crippen LogP contribution in [0, 0.1) is 0 Å². The van der Waals surface area contributed by atoms with E-state index in [4.69, 9.17) is 28.1 Å². The smallest absolute Gasteiger partial charge is 0.319 e. The molecule has 4 atom stereocenters. The molecule has 21 heavy (non-hydrogen) atoms. The molecule has 0 unspecified atom stereocenters. The van der Waals surface area contributed by atoms with Crippen LogP contribution in [0.15, 0.2) is 0 Å². The van der Waals surface area contributed by atoms with Gasteiger partial charge in [0.1, 0.15) is 12.7 Å². The fourth-order valence-electron chi connectivity index (χ4n) is 3.85. The van der Waals surface area contributed by atoms with Crippen LogP contribution in [0.2, 0.25) is 0 Å². The number of ether oxygens (including phenoxy) is 5. The normalized spacial score (nSPS) is 50.1. The van der Waals surface area contributed by atoms with Gasteiger partial charge in [-0.05, 0) is 34.0 Å². The van der Waals surface area contributed by atoms with Crippen molar-refractivity contribution in [2.75, 3.05) is 13.2 Å². The van der Waals surface area contributed by atoms with Gasteiger partial charge in [-0.15, -0.1) is 0 Å². The zero-order valence-corrected chi connectivity index (χ0v) is 12.9. The summed E-state index contributed by atoms with van der Waals surface area (Å²) in [5.41, 5.74) is -0.766. The first kappa shape index (κ1) is 14.1. The monoisotopic (exact) mass is 298 g/mol. The van der Waals surface area contributed by atoms with E-state index in [0.717, 1.165) is 0 Å². The molecule has 0 aromatic heterocycles. The highest BCUT2D eigenvalue weighted by molar-refractivity contribution is 5.54. The molecule has 0 aromatic carbocycles. The minimum atomic E-state index is -0.967. The average Bonchev–Trinajstić information content (AvgIpc) is 3.03. The van der Waals surface area contributed by atoms with Crippen LogP contribution in [0.25, 0.3) is 0 Å². The van der Waals surface area contributed by atoms with Gasteiger partial charge in [0, 0.05) is 6.42 Å². The van der Waals surface area contributed by atoms with E-state index in [2.05, 4.69) is 6.29 Å². The first-order chi connectivity index (χ1) is 9.78. The van der Waals surface area contributed by atoms with Crippen LogP contribution in [0.5, 0.6) is 0 Å². The van der Waals surface area contributed by atoms with Gasteiger partial charge in [0.05, 0.1) is 6.61 Å². The SMILES string of the molecule is CC1(C)O[C@H]2CO[C@@]3(COC(C)(C)O3)[C@]3(CC[C-]=[O+]3)[C@H]2O1. The number of hydrogen-bond donors (Lipinski definition) is 0. The summed E-state index contributed by atoms with van der Waals surface area (Å²) < 4.78 is 36.0. The molecule has 0 bridgehead atoms. The van der Waals surface area contributed by atoms with Crippen molar-refractivity contribution in [3.63, 3.8) is 0 Å². The van der Waals surface area contributed by atoms with Crippen molar-refractivity contribution in [1.29, 1.82) is 0 Å².